The fourth-order valence-electron chi connectivity index (χ4n) is 2.31. The van der Waals surface area contributed by atoms with Crippen LogP contribution < -0.4 is 5.73 Å². The smallest absolute Gasteiger partial charge is 0.243 e. The molecule has 130 valence electrons. The van der Waals surface area contributed by atoms with Gasteiger partial charge in [0.1, 0.15) is 0 Å². The summed E-state index contributed by atoms with van der Waals surface area (Å²) in [6.07, 6.45) is 1.52. The number of carbonyl (C=O) groups is 1. The highest BCUT2D eigenvalue weighted by Crippen LogP contribution is 2.18. The molecule has 1 saturated heterocycles. The van der Waals surface area contributed by atoms with Gasteiger partial charge < -0.3 is 10.6 Å². The molecule has 0 bridgehead atoms. The van der Waals surface area contributed by atoms with E-state index < -0.39 is 10.0 Å². The predicted octanol–water partition coefficient (Wildman–Crippen LogP) is 1.44. The third-order valence-corrected chi connectivity index (χ3v) is 6.12. The third-order valence-electron chi connectivity index (χ3n) is 3.77. The van der Waals surface area contributed by atoms with Crippen LogP contribution in [0.15, 0.2) is 33.6 Å². The first kappa shape index (κ1) is 20.4. The average molecular weight is 427 g/mol. The number of hydrogen-bond acceptors (Lipinski definition) is 4. The van der Waals surface area contributed by atoms with E-state index in [0.717, 1.165) is 21.6 Å². The Morgan fingerprint density at radius 1 is 1.30 bits per heavy atom. The number of nitrogens with zero attached hydrogens (tertiary/aromatic N) is 2. The van der Waals surface area contributed by atoms with Crippen LogP contribution in [-0.2, 0) is 14.8 Å². The van der Waals surface area contributed by atoms with Crippen molar-refractivity contribution in [3.63, 3.8) is 0 Å². The second-order valence-electron chi connectivity index (χ2n) is 5.43. The summed E-state index contributed by atoms with van der Waals surface area (Å²) in [5.74, 6) is -0.185. The van der Waals surface area contributed by atoms with Gasteiger partial charge >= 0.3 is 0 Å². The highest BCUT2D eigenvalue weighted by Gasteiger charge is 2.26. The van der Waals surface area contributed by atoms with E-state index in [0.29, 0.717) is 13.1 Å². The Labute approximate surface area is 151 Å². The van der Waals surface area contributed by atoms with Crippen molar-refractivity contribution in [2.24, 2.45) is 5.73 Å². The normalized spacial score (nSPS) is 16.3. The molecule has 0 aromatic heterocycles. The van der Waals surface area contributed by atoms with E-state index in [9.17, 15) is 13.2 Å². The minimum Gasteiger partial charge on any atom is -0.341 e. The maximum Gasteiger partial charge on any atom is 0.243 e. The van der Waals surface area contributed by atoms with E-state index in [2.05, 4.69) is 15.9 Å². The molecular formula is C14H21BrClN3O3S. The largest absolute Gasteiger partial charge is 0.341 e. The lowest BCUT2D eigenvalue weighted by molar-refractivity contribution is -0.132. The Morgan fingerprint density at radius 2 is 1.83 bits per heavy atom. The van der Waals surface area contributed by atoms with Crippen molar-refractivity contribution >= 4 is 44.3 Å². The molecule has 1 amide bonds. The summed E-state index contributed by atoms with van der Waals surface area (Å²) in [5.41, 5.74) is 5.81. The van der Waals surface area contributed by atoms with E-state index in [4.69, 9.17) is 5.73 Å². The highest BCUT2D eigenvalue weighted by molar-refractivity contribution is 9.10. The summed E-state index contributed by atoms with van der Waals surface area (Å²) in [6.45, 7) is 1.02. The second kappa shape index (κ2) is 8.43. The molecule has 0 saturated carbocycles. The van der Waals surface area contributed by atoms with Crippen LogP contribution in [0.1, 0.15) is 12.8 Å². The van der Waals surface area contributed by atoms with E-state index in [1.807, 2.05) is 0 Å². The lowest BCUT2D eigenvalue weighted by Gasteiger charge is -2.31. The minimum atomic E-state index is -3.66. The standard InChI is InChI=1S/C14H20BrN3O3S.ClH/c1-17(10-14(19)18-8-6-12(16)7-9-18)22(20,21)13-4-2-11(15)3-5-13;/h2-5,12H,6-10,16H2,1H3;1H. The first-order valence-electron chi connectivity index (χ1n) is 7.06. The number of amides is 1. The Bertz CT molecular complexity index is 631. The molecule has 9 heteroatoms. The molecule has 1 fully saturated rings. The van der Waals surface area contributed by atoms with Gasteiger partial charge in [0, 0.05) is 30.7 Å². The number of benzene rings is 1. The third kappa shape index (κ3) is 5.15. The maximum atomic E-state index is 12.4. The molecule has 0 aliphatic carbocycles. The Balaban J connectivity index is 0.00000264. The number of nitrogens with two attached hydrogens (primary N) is 1. The number of halogens is 2. The summed E-state index contributed by atoms with van der Waals surface area (Å²) in [4.78, 5) is 14.1. The Morgan fingerprint density at radius 3 is 2.35 bits per heavy atom. The number of carbonyl (C=O) groups excluding carboxylic acids is 1. The summed E-state index contributed by atoms with van der Waals surface area (Å²) in [5, 5.41) is 0. The monoisotopic (exact) mass is 425 g/mol. The van der Waals surface area contributed by atoms with E-state index >= 15 is 0 Å². The van der Waals surface area contributed by atoms with Gasteiger partial charge in [-0.1, -0.05) is 15.9 Å². The molecule has 2 N–H and O–H groups in total. The first-order valence-corrected chi connectivity index (χ1v) is 9.29. The van der Waals surface area contributed by atoms with Crippen molar-refractivity contribution in [2.45, 2.75) is 23.8 Å². The van der Waals surface area contributed by atoms with Gasteiger partial charge in [0.05, 0.1) is 11.4 Å². The second-order valence-corrected chi connectivity index (χ2v) is 8.39. The zero-order chi connectivity index (χ0) is 16.3. The van der Waals surface area contributed by atoms with Crippen LogP contribution >= 0.6 is 28.3 Å². The minimum absolute atomic E-state index is 0. The molecule has 1 heterocycles. The van der Waals surface area contributed by atoms with Gasteiger partial charge in [-0.25, -0.2) is 8.42 Å². The summed E-state index contributed by atoms with van der Waals surface area (Å²) < 4.78 is 26.8. The fourth-order valence-corrected chi connectivity index (χ4v) is 3.70. The van der Waals surface area contributed by atoms with Gasteiger partial charge in [0.15, 0.2) is 0 Å². The number of hydrogen-bond donors (Lipinski definition) is 1. The van der Waals surface area contributed by atoms with E-state index in [-0.39, 0.29) is 35.8 Å². The summed E-state index contributed by atoms with van der Waals surface area (Å²) in [7, 11) is -2.24. The van der Waals surface area contributed by atoms with Crippen molar-refractivity contribution < 1.29 is 13.2 Å². The topological polar surface area (TPSA) is 83.7 Å². The number of rotatable bonds is 4. The SMILES string of the molecule is CN(CC(=O)N1CCC(N)CC1)S(=O)(=O)c1ccc(Br)cc1.Cl. The van der Waals surface area contributed by atoms with Crippen molar-refractivity contribution in [2.75, 3.05) is 26.7 Å². The fraction of sp³-hybridized carbons (Fsp3) is 0.500. The molecule has 1 aromatic carbocycles. The lowest BCUT2D eigenvalue weighted by Crippen LogP contribution is -2.47. The number of piperidine rings is 1. The summed E-state index contributed by atoms with van der Waals surface area (Å²) >= 11 is 3.27. The summed E-state index contributed by atoms with van der Waals surface area (Å²) in [6, 6.07) is 6.48. The van der Waals surface area contributed by atoms with Gasteiger partial charge in [-0.15, -0.1) is 12.4 Å². The molecular weight excluding hydrogens is 406 g/mol. The van der Waals surface area contributed by atoms with Crippen LogP contribution in [-0.4, -0.2) is 56.3 Å². The van der Waals surface area contributed by atoms with Gasteiger partial charge in [0.2, 0.25) is 15.9 Å². The van der Waals surface area contributed by atoms with Crippen LogP contribution in [0.4, 0.5) is 0 Å². The molecule has 1 aliphatic rings. The first-order chi connectivity index (χ1) is 10.3. The molecule has 0 unspecified atom stereocenters. The Kier molecular flexibility index (Phi) is 7.47. The average Bonchev–Trinajstić information content (AvgIpc) is 2.48. The van der Waals surface area contributed by atoms with Crippen molar-refractivity contribution in [3.8, 4) is 0 Å². The maximum absolute atomic E-state index is 12.4. The van der Waals surface area contributed by atoms with Crippen molar-refractivity contribution in [3.05, 3.63) is 28.7 Å². The molecule has 0 radical (unpaired) electrons. The van der Waals surface area contributed by atoms with E-state index in [1.165, 1.54) is 19.2 Å². The van der Waals surface area contributed by atoms with Crippen molar-refractivity contribution in [1.82, 2.24) is 9.21 Å². The zero-order valence-electron chi connectivity index (χ0n) is 12.8. The quantitative estimate of drug-likeness (QED) is 0.789. The molecule has 2 rings (SSSR count). The number of likely N-dealkylation sites (tertiary alicyclic amines) is 1. The predicted molar refractivity (Wildman–Crippen MR) is 95.0 cm³/mol. The zero-order valence-corrected chi connectivity index (χ0v) is 16.0. The Hall–Kier alpha value is -0.670. The van der Waals surface area contributed by atoms with Gasteiger partial charge in [-0.2, -0.15) is 4.31 Å². The van der Waals surface area contributed by atoms with Gasteiger partial charge in [0.25, 0.3) is 0 Å². The van der Waals surface area contributed by atoms with Crippen LogP contribution in [0.2, 0.25) is 0 Å². The lowest BCUT2D eigenvalue weighted by atomic mass is 10.1. The van der Waals surface area contributed by atoms with E-state index in [1.54, 1.807) is 17.0 Å². The van der Waals surface area contributed by atoms with Crippen molar-refractivity contribution in [1.29, 1.82) is 0 Å². The number of likely N-dealkylation sites (N-methyl/N-ethyl adjacent to an activating group) is 1. The van der Waals surface area contributed by atoms with Gasteiger partial charge in [-0.05, 0) is 37.1 Å². The molecule has 23 heavy (non-hydrogen) atoms. The van der Waals surface area contributed by atoms with Gasteiger partial charge in [-0.3, -0.25) is 4.79 Å². The molecule has 0 spiro atoms. The number of sulfonamides is 1. The van der Waals surface area contributed by atoms with Crippen LogP contribution in [0, 0.1) is 0 Å². The van der Waals surface area contributed by atoms with Crippen LogP contribution in [0.5, 0.6) is 0 Å². The molecule has 1 aliphatic heterocycles. The van der Waals surface area contributed by atoms with Crippen LogP contribution in [0.3, 0.4) is 0 Å². The highest BCUT2D eigenvalue weighted by atomic mass is 79.9. The molecule has 0 atom stereocenters. The molecule has 6 nitrogen and oxygen atoms in total. The van der Waals surface area contributed by atoms with Crippen LogP contribution in [0.25, 0.3) is 0 Å². The molecule has 1 aromatic rings.